The van der Waals surface area contributed by atoms with E-state index in [1.54, 1.807) is 0 Å². The van der Waals surface area contributed by atoms with Gasteiger partial charge in [0.2, 0.25) is 9.74 Å². The number of H-pyrrole nitrogens is 1. The number of nitrogens with one attached hydrogen (secondary N) is 1. The van der Waals surface area contributed by atoms with Gasteiger partial charge in [0, 0.05) is 0 Å². The summed E-state index contributed by atoms with van der Waals surface area (Å²) in [4.78, 5) is 11.0. The maximum Gasteiger partial charge on any atom is 0.247 e. The van der Waals surface area contributed by atoms with E-state index < -0.39 is 3.79 Å². The number of benzene rings is 1. The molecule has 0 spiro atoms. The van der Waals surface area contributed by atoms with Crippen molar-refractivity contribution in [2.24, 2.45) is 10.7 Å². The minimum Gasteiger partial charge on any atom is -0.383 e. The van der Waals surface area contributed by atoms with Crippen LogP contribution in [-0.2, 0) is 0 Å². The summed E-state index contributed by atoms with van der Waals surface area (Å²) in [6.07, 6.45) is 0. The molecule has 7 heteroatoms. The lowest BCUT2D eigenvalue weighted by Crippen LogP contribution is -2.27. The third-order valence-corrected chi connectivity index (χ3v) is 2.47. The van der Waals surface area contributed by atoms with Gasteiger partial charge < -0.3 is 10.7 Å². The molecule has 4 nitrogen and oxygen atoms in total. The van der Waals surface area contributed by atoms with E-state index in [2.05, 4.69) is 15.0 Å². The first-order valence-corrected chi connectivity index (χ1v) is 5.46. The fourth-order valence-corrected chi connectivity index (χ4v) is 1.30. The van der Waals surface area contributed by atoms with Crippen LogP contribution < -0.4 is 5.73 Å². The number of halogens is 3. The van der Waals surface area contributed by atoms with E-state index in [9.17, 15) is 0 Å². The van der Waals surface area contributed by atoms with E-state index in [0.29, 0.717) is 5.95 Å². The number of amidine groups is 1. The van der Waals surface area contributed by atoms with E-state index >= 15 is 0 Å². The molecule has 0 fully saturated rings. The first-order valence-electron chi connectivity index (χ1n) is 4.33. The summed E-state index contributed by atoms with van der Waals surface area (Å²) >= 11 is 16.7. The number of alkyl halides is 3. The summed E-state index contributed by atoms with van der Waals surface area (Å²) in [6, 6.07) is 7.46. The second kappa shape index (κ2) is 4.13. The Morgan fingerprint density at radius 3 is 2.62 bits per heavy atom. The van der Waals surface area contributed by atoms with Gasteiger partial charge in [0.1, 0.15) is 0 Å². The number of aliphatic imine (C=N–C) groups is 1. The number of nitrogens with zero attached hydrogens (tertiary/aromatic N) is 2. The summed E-state index contributed by atoms with van der Waals surface area (Å²) < 4.78 is -1.72. The molecule has 0 aliphatic rings. The number of nitrogens with two attached hydrogens (primary N) is 1. The van der Waals surface area contributed by atoms with E-state index in [1.807, 2.05) is 24.3 Å². The highest BCUT2D eigenvalue weighted by Crippen LogP contribution is 2.27. The fraction of sp³-hybridized carbons (Fsp3) is 0.111. The van der Waals surface area contributed by atoms with Gasteiger partial charge in [0.25, 0.3) is 0 Å². The van der Waals surface area contributed by atoms with Crippen LogP contribution in [0.25, 0.3) is 11.0 Å². The zero-order valence-corrected chi connectivity index (χ0v) is 10.2. The summed E-state index contributed by atoms with van der Waals surface area (Å²) in [5.41, 5.74) is 7.12. The molecule has 0 amide bonds. The molecule has 3 N–H and O–H groups in total. The molecule has 0 aliphatic heterocycles. The van der Waals surface area contributed by atoms with E-state index in [-0.39, 0.29) is 5.84 Å². The van der Waals surface area contributed by atoms with Crippen LogP contribution in [0.15, 0.2) is 29.3 Å². The van der Waals surface area contributed by atoms with E-state index in [1.165, 1.54) is 0 Å². The molecule has 0 atom stereocenters. The van der Waals surface area contributed by atoms with Crippen molar-refractivity contribution in [1.82, 2.24) is 9.97 Å². The van der Waals surface area contributed by atoms with Crippen LogP contribution in [0, 0.1) is 0 Å². The molecule has 0 saturated heterocycles. The molecular weight excluding hydrogens is 270 g/mol. The van der Waals surface area contributed by atoms with Crippen molar-refractivity contribution < 1.29 is 0 Å². The highest BCUT2D eigenvalue weighted by molar-refractivity contribution is 6.76. The molecule has 1 heterocycles. The fourth-order valence-electron chi connectivity index (χ4n) is 1.17. The van der Waals surface area contributed by atoms with Crippen molar-refractivity contribution in [2.75, 3.05) is 0 Å². The van der Waals surface area contributed by atoms with E-state index in [4.69, 9.17) is 40.5 Å². The number of imidazole rings is 1. The van der Waals surface area contributed by atoms with Gasteiger partial charge in [-0.3, -0.25) is 0 Å². The predicted octanol–water partition coefficient (Wildman–Crippen LogP) is 2.92. The maximum atomic E-state index is 5.57. The molecule has 1 aromatic heterocycles. The second-order valence-corrected chi connectivity index (χ2v) is 5.35. The second-order valence-electron chi connectivity index (χ2n) is 3.07. The Kier molecular flexibility index (Phi) is 2.97. The van der Waals surface area contributed by atoms with Crippen LogP contribution >= 0.6 is 34.8 Å². The van der Waals surface area contributed by atoms with Gasteiger partial charge >= 0.3 is 0 Å². The molecule has 16 heavy (non-hydrogen) atoms. The number of hydrogen-bond acceptors (Lipinski definition) is 2. The van der Waals surface area contributed by atoms with Gasteiger partial charge in [0.05, 0.1) is 11.0 Å². The Labute approximate surface area is 106 Å². The van der Waals surface area contributed by atoms with Crippen LogP contribution in [0.1, 0.15) is 0 Å². The lowest BCUT2D eigenvalue weighted by atomic mass is 10.3. The van der Waals surface area contributed by atoms with Gasteiger partial charge in [-0.2, -0.15) is 4.99 Å². The van der Waals surface area contributed by atoms with Crippen LogP contribution in [0.2, 0.25) is 0 Å². The summed E-state index contributed by atoms with van der Waals surface area (Å²) in [7, 11) is 0. The molecule has 0 saturated carbocycles. The molecule has 0 aliphatic carbocycles. The molecule has 84 valence electrons. The number of aromatic nitrogens is 2. The maximum absolute atomic E-state index is 5.57. The highest BCUT2D eigenvalue weighted by atomic mass is 35.6. The lowest BCUT2D eigenvalue weighted by molar-refractivity contribution is 1.24. The Bertz CT molecular complexity index is 508. The zero-order valence-electron chi connectivity index (χ0n) is 7.92. The van der Waals surface area contributed by atoms with Crippen molar-refractivity contribution in [2.45, 2.75) is 3.79 Å². The summed E-state index contributed by atoms with van der Waals surface area (Å²) in [5.74, 6) is 0.182. The quantitative estimate of drug-likeness (QED) is 0.478. The zero-order chi connectivity index (χ0) is 11.8. The van der Waals surface area contributed by atoms with Gasteiger partial charge in [-0.25, -0.2) is 4.98 Å². The van der Waals surface area contributed by atoms with Crippen molar-refractivity contribution in [3.05, 3.63) is 24.3 Å². The van der Waals surface area contributed by atoms with Crippen molar-refractivity contribution >= 4 is 57.6 Å². The molecular formula is C9H7Cl3N4. The third-order valence-electron chi connectivity index (χ3n) is 1.89. The summed E-state index contributed by atoms with van der Waals surface area (Å²) in [5, 5.41) is 0. The highest BCUT2D eigenvalue weighted by Gasteiger charge is 2.25. The Morgan fingerprint density at radius 1 is 1.31 bits per heavy atom. The smallest absolute Gasteiger partial charge is 0.247 e. The first-order chi connectivity index (χ1) is 7.47. The van der Waals surface area contributed by atoms with Crippen LogP contribution in [0.3, 0.4) is 0 Å². The topological polar surface area (TPSA) is 67.1 Å². The lowest BCUT2D eigenvalue weighted by Gasteiger charge is -2.07. The number of hydrogen-bond donors (Lipinski definition) is 2. The van der Waals surface area contributed by atoms with Gasteiger partial charge in [-0.1, -0.05) is 46.9 Å². The van der Waals surface area contributed by atoms with Crippen molar-refractivity contribution in [1.29, 1.82) is 0 Å². The van der Waals surface area contributed by atoms with Gasteiger partial charge in [-0.05, 0) is 12.1 Å². The molecule has 0 bridgehead atoms. The largest absolute Gasteiger partial charge is 0.383 e. The third kappa shape index (κ3) is 2.40. The Morgan fingerprint density at radius 2 is 2.00 bits per heavy atom. The minimum atomic E-state index is -1.72. The van der Waals surface area contributed by atoms with Gasteiger partial charge in [-0.15, -0.1) is 0 Å². The normalized spacial score (nSPS) is 13.3. The minimum absolute atomic E-state index is 0.128. The first kappa shape index (κ1) is 11.5. The van der Waals surface area contributed by atoms with Gasteiger partial charge in [0.15, 0.2) is 5.84 Å². The average molecular weight is 278 g/mol. The number of rotatable bonds is 1. The summed E-state index contributed by atoms with van der Waals surface area (Å²) in [6.45, 7) is 0. The molecule has 0 radical (unpaired) electrons. The number of aromatic amines is 1. The molecule has 2 rings (SSSR count). The standard InChI is InChI=1S/C9H7Cl3N4/c10-9(11,12)7(13)16-8-14-5-3-1-2-4-6(5)15-8/h1-4H,(H3,13,14,15,16). The molecule has 2 aromatic rings. The van der Waals surface area contributed by atoms with Crippen LogP contribution in [0.5, 0.6) is 0 Å². The Balaban J connectivity index is 2.42. The average Bonchev–Trinajstić information content (AvgIpc) is 2.58. The predicted molar refractivity (Wildman–Crippen MR) is 67.7 cm³/mol. The Hall–Kier alpha value is -0.970. The number of fused-ring (bicyclic) bond motifs is 1. The van der Waals surface area contributed by atoms with Crippen molar-refractivity contribution in [3.63, 3.8) is 0 Å². The molecule has 1 aromatic carbocycles. The van der Waals surface area contributed by atoms with Crippen molar-refractivity contribution in [3.8, 4) is 0 Å². The van der Waals surface area contributed by atoms with Crippen LogP contribution in [0.4, 0.5) is 5.95 Å². The van der Waals surface area contributed by atoms with Crippen LogP contribution in [-0.4, -0.2) is 19.6 Å². The number of para-hydroxylation sites is 2. The molecule has 0 unspecified atom stereocenters. The monoisotopic (exact) mass is 276 g/mol. The SMILES string of the molecule is N/C(=N\c1nc2ccccc2[nH]1)C(Cl)(Cl)Cl. The van der Waals surface area contributed by atoms with E-state index in [0.717, 1.165) is 11.0 Å².